The first-order valence-electron chi connectivity index (χ1n) is 5.78. The molecule has 1 amide bonds. The standard InChI is InChI=1S/C12H14Cl2N2O4/c1-2-19-12(18)6-15-16-11(17)7-20-10-4-3-8(13)5-9(10)14/h3-5,15H,2,6-7H2,1H3,(H,16,17). The highest BCUT2D eigenvalue weighted by Crippen LogP contribution is 2.27. The number of ether oxygens (including phenoxy) is 2. The van der Waals surface area contributed by atoms with E-state index in [0.717, 1.165) is 0 Å². The highest BCUT2D eigenvalue weighted by atomic mass is 35.5. The van der Waals surface area contributed by atoms with Gasteiger partial charge in [0.2, 0.25) is 0 Å². The molecule has 6 nitrogen and oxygen atoms in total. The quantitative estimate of drug-likeness (QED) is 0.589. The molecule has 1 aromatic rings. The predicted molar refractivity (Wildman–Crippen MR) is 74.7 cm³/mol. The Morgan fingerprint density at radius 3 is 2.70 bits per heavy atom. The summed E-state index contributed by atoms with van der Waals surface area (Å²) in [6, 6.07) is 4.67. The molecule has 2 N–H and O–H groups in total. The zero-order chi connectivity index (χ0) is 15.0. The maximum atomic E-state index is 11.4. The average Bonchev–Trinajstić information content (AvgIpc) is 2.38. The lowest BCUT2D eigenvalue weighted by Gasteiger charge is -2.09. The van der Waals surface area contributed by atoms with Crippen LogP contribution < -0.4 is 15.6 Å². The van der Waals surface area contributed by atoms with Crippen molar-refractivity contribution in [2.24, 2.45) is 0 Å². The van der Waals surface area contributed by atoms with Crippen molar-refractivity contribution in [2.45, 2.75) is 6.92 Å². The Kier molecular flexibility index (Phi) is 7.14. The monoisotopic (exact) mass is 320 g/mol. The first-order valence-corrected chi connectivity index (χ1v) is 6.53. The van der Waals surface area contributed by atoms with Gasteiger partial charge in [-0.25, -0.2) is 5.43 Å². The van der Waals surface area contributed by atoms with Gasteiger partial charge in [-0.15, -0.1) is 0 Å². The van der Waals surface area contributed by atoms with Crippen LogP contribution in [0.4, 0.5) is 0 Å². The van der Waals surface area contributed by atoms with E-state index in [4.69, 9.17) is 27.9 Å². The molecule has 8 heteroatoms. The largest absolute Gasteiger partial charge is 0.482 e. The third kappa shape index (κ3) is 6.10. The Morgan fingerprint density at radius 1 is 1.30 bits per heavy atom. The van der Waals surface area contributed by atoms with E-state index in [0.29, 0.717) is 15.8 Å². The molecule has 0 aliphatic carbocycles. The molecule has 1 aromatic carbocycles. The van der Waals surface area contributed by atoms with Gasteiger partial charge in [-0.3, -0.25) is 15.0 Å². The van der Waals surface area contributed by atoms with Gasteiger partial charge in [-0.05, 0) is 25.1 Å². The normalized spacial score (nSPS) is 9.95. The summed E-state index contributed by atoms with van der Waals surface area (Å²) >= 11 is 11.6. The van der Waals surface area contributed by atoms with E-state index in [2.05, 4.69) is 15.6 Å². The predicted octanol–water partition coefficient (Wildman–Crippen LogP) is 1.56. The van der Waals surface area contributed by atoms with Crippen molar-refractivity contribution in [1.29, 1.82) is 0 Å². The van der Waals surface area contributed by atoms with Crippen molar-refractivity contribution in [1.82, 2.24) is 10.9 Å². The molecule has 0 heterocycles. The molecule has 0 aliphatic heterocycles. The van der Waals surface area contributed by atoms with Crippen LogP contribution in [-0.2, 0) is 14.3 Å². The second-order valence-corrected chi connectivity index (χ2v) is 4.41. The number of hydrogen-bond acceptors (Lipinski definition) is 5. The summed E-state index contributed by atoms with van der Waals surface area (Å²) in [6.45, 7) is 1.60. The molecule has 0 bridgehead atoms. The van der Waals surface area contributed by atoms with Crippen molar-refractivity contribution in [3.63, 3.8) is 0 Å². The fourth-order valence-corrected chi connectivity index (χ4v) is 1.66. The van der Waals surface area contributed by atoms with Crippen LogP contribution in [0, 0.1) is 0 Å². The molecule has 0 saturated heterocycles. The minimum atomic E-state index is -0.463. The summed E-state index contributed by atoms with van der Waals surface area (Å²) in [7, 11) is 0. The van der Waals surface area contributed by atoms with Gasteiger partial charge in [-0.2, -0.15) is 0 Å². The average molecular weight is 321 g/mol. The maximum absolute atomic E-state index is 11.4. The van der Waals surface area contributed by atoms with Gasteiger partial charge in [0, 0.05) is 5.02 Å². The number of amides is 1. The number of hydrogen-bond donors (Lipinski definition) is 2. The third-order valence-corrected chi connectivity index (χ3v) is 2.55. The van der Waals surface area contributed by atoms with Crippen LogP contribution in [-0.4, -0.2) is 31.6 Å². The Labute approximate surface area is 126 Å². The molecule has 110 valence electrons. The summed E-state index contributed by atoms with van der Waals surface area (Å²) < 4.78 is 9.87. The van der Waals surface area contributed by atoms with Crippen LogP contribution in [0.2, 0.25) is 10.0 Å². The van der Waals surface area contributed by atoms with Gasteiger partial charge in [0.25, 0.3) is 5.91 Å². The third-order valence-electron chi connectivity index (χ3n) is 2.02. The van der Waals surface area contributed by atoms with E-state index < -0.39 is 11.9 Å². The van der Waals surface area contributed by atoms with Crippen LogP contribution in [0.5, 0.6) is 5.75 Å². The van der Waals surface area contributed by atoms with E-state index >= 15 is 0 Å². The Bertz CT molecular complexity index is 483. The number of esters is 1. The second-order valence-electron chi connectivity index (χ2n) is 3.57. The number of hydrazine groups is 1. The highest BCUT2D eigenvalue weighted by Gasteiger charge is 2.07. The zero-order valence-corrected chi connectivity index (χ0v) is 12.3. The SMILES string of the molecule is CCOC(=O)CNNC(=O)COc1ccc(Cl)cc1Cl. The van der Waals surface area contributed by atoms with Crippen LogP contribution in [0.3, 0.4) is 0 Å². The number of carbonyl (C=O) groups excluding carboxylic acids is 2. The molecular formula is C12H14Cl2N2O4. The van der Waals surface area contributed by atoms with Crippen molar-refractivity contribution in [2.75, 3.05) is 19.8 Å². The van der Waals surface area contributed by atoms with Crippen LogP contribution in [0.25, 0.3) is 0 Å². The van der Waals surface area contributed by atoms with Gasteiger partial charge < -0.3 is 9.47 Å². The lowest BCUT2D eigenvalue weighted by molar-refractivity contribution is -0.142. The lowest BCUT2D eigenvalue weighted by atomic mass is 10.3. The first-order chi connectivity index (χ1) is 9.52. The first kappa shape index (κ1) is 16.6. The van der Waals surface area contributed by atoms with E-state index in [1.807, 2.05) is 0 Å². The van der Waals surface area contributed by atoms with E-state index in [1.165, 1.54) is 6.07 Å². The molecule has 0 saturated carbocycles. The second kappa shape index (κ2) is 8.63. The number of rotatable bonds is 7. The minimum absolute atomic E-state index is 0.124. The lowest BCUT2D eigenvalue weighted by Crippen LogP contribution is -2.43. The van der Waals surface area contributed by atoms with Gasteiger partial charge >= 0.3 is 5.97 Å². The number of carbonyl (C=O) groups is 2. The number of nitrogens with one attached hydrogen (secondary N) is 2. The molecule has 20 heavy (non-hydrogen) atoms. The van der Waals surface area contributed by atoms with Crippen molar-refractivity contribution >= 4 is 35.1 Å². The van der Waals surface area contributed by atoms with Crippen molar-refractivity contribution in [3.8, 4) is 5.75 Å². The molecule has 1 rings (SSSR count). The molecule has 0 fully saturated rings. The van der Waals surface area contributed by atoms with Crippen LogP contribution in [0.15, 0.2) is 18.2 Å². The van der Waals surface area contributed by atoms with E-state index in [-0.39, 0.29) is 19.8 Å². The Balaban J connectivity index is 2.28. The van der Waals surface area contributed by atoms with Crippen LogP contribution in [0.1, 0.15) is 6.92 Å². The summed E-state index contributed by atoms with van der Waals surface area (Å²) in [6.07, 6.45) is 0. The fourth-order valence-electron chi connectivity index (χ4n) is 1.20. The number of halogens is 2. The number of benzene rings is 1. The van der Waals surface area contributed by atoms with Gasteiger partial charge in [-0.1, -0.05) is 23.2 Å². The zero-order valence-electron chi connectivity index (χ0n) is 10.7. The van der Waals surface area contributed by atoms with Crippen molar-refractivity contribution < 1.29 is 19.1 Å². The van der Waals surface area contributed by atoms with Gasteiger partial charge in [0.15, 0.2) is 6.61 Å². The molecular weight excluding hydrogens is 307 g/mol. The molecule has 0 unspecified atom stereocenters. The highest BCUT2D eigenvalue weighted by molar-refractivity contribution is 6.35. The molecule has 0 spiro atoms. The Morgan fingerprint density at radius 2 is 2.05 bits per heavy atom. The molecule has 0 aromatic heterocycles. The van der Waals surface area contributed by atoms with Gasteiger partial charge in [0.1, 0.15) is 12.3 Å². The fraction of sp³-hybridized carbons (Fsp3) is 0.333. The summed E-state index contributed by atoms with van der Waals surface area (Å²) in [4.78, 5) is 22.4. The summed E-state index contributed by atoms with van der Waals surface area (Å²) in [5.74, 6) is -0.577. The maximum Gasteiger partial charge on any atom is 0.321 e. The topological polar surface area (TPSA) is 76.7 Å². The van der Waals surface area contributed by atoms with Crippen LogP contribution >= 0.6 is 23.2 Å². The molecule has 0 atom stereocenters. The van der Waals surface area contributed by atoms with E-state index in [1.54, 1.807) is 19.1 Å². The molecule has 0 radical (unpaired) electrons. The van der Waals surface area contributed by atoms with Crippen molar-refractivity contribution in [3.05, 3.63) is 28.2 Å². The van der Waals surface area contributed by atoms with E-state index in [9.17, 15) is 9.59 Å². The van der Waals surface area contributed by atoms with Gasteiger partial charge in [0.05, 0.1) is 11.6 Å². The molecule has 0 aliphatic rings. The smallest absolute Gasteiger partial charge is 0.321 e. The summed E-state index contributed by atoms with van der Waals surface area (Å²) in [5, 5.41) is 0.785. The minimum Gasteiger partial charge on any atom is -0.482 e. The summed E-state index contributed by atoms with van der Waals surface area (Å²) in [5.41, 5.74) is 4.71. The Hall–Kier alpha value is -1.50.